The molecular weight excluding hydrogens is 392 g/mol. The van der Waals surface area contributed by atoms with E-state index in [0.29, 0.717) is 22.6 Å². The van der Waals surface area contributed by atoms with Gasteiger partial charge in [-0.3, -0.25) is 0 Å². The predicted molar refractivity (Wildman–Crippen MR) is 106 cm³/mol. The first-order chi connectivity index (χ1) is 14.6. The van der Waals surface area contributed by atoms with Gasteiger partial charge in [-0.15, -0.1) is 10.2 Å². The van der Waals surface area contributed by atoms with Crippen LogP contribution in [0.15, 0.2) is 67.0 Å². The molecule has 0 amide bonds. The molecule has 0 aliphatic heterocycles. The van der Waals surface area contributed by atoms with Crippen molar-refractivity contribution >= 4 is 0 Å². The fourth-order valence-corrected chi connectivity index (χ4v) is 2.79. The maximum atomic E-state index is 12.1. The second-order valence-corrected chi connectivity index (χ2v) is 6.25. The topological polar surface area (TPSA) is 115 Å². The van der Waals surface area contributed by atoms with Crippen LogP contribution >= 0.6 is 0 Å². The van der Waals surface area contributed by atoms with Crippen molar-refractivity contribution in [1.82, 2.24) is 19.6 Å². The minimum Gasteiger partial charge on any atom is -0.497 e. The van der Waals surface area contributed by atoms with Gasteiger partial charge in [0.05, 0.1) is 27.3 Å². The Morgan fingerprint density at radius 1 is 0.700 bits per heavy atom. The van der Waals surface area contributed by atoms with E-state index < -0.39 is 11.5 Å². The van der Waals surface area contributed by atoms with E-state index in [9.17, 15) is 9.59 Å². The van der Waals surface area contributed by atoms with Crippen LogP contribution in [-0.4, -0.2) is 33.8 Å². The van der Waals surface area contributed by atoms with Crippen LogP contribution in [-0.2, 0) is 13.1 Å². The highest BCUT2D eigenvalue weighted by Gasteiger charge is 2.14. The van der Waals surface area contributed by atoms with Crippen LogP contribution < -0.4 is 21.0 Å². The van der Waals surface area contributed by atoms with Gasteiger partial charge in [0.1, 0.15) is 11.5 Å². The Morgan fingerprint density at radius 3 is 1.40 bits per heavy atom. The second-order valence-electron chi connectivity index (χ2n) is 6.25. The minimum absolute atomic E-state index is 0.0903. The first kappa shape index (κ1) is 19.2. The Balaban J connectivity index is 1.49. The summed E-state index contributed by atoms with van der Waals surface area (Å²) in [7, 11) is 3.13. The van der Waals surface area contributed by atoms with Gasteiger partial charge in [0.25, 0.3) is 0 Å². The third-order valence-corrected chi connectivity index (χ3v) is 4.41. The zero-order valence-electron chi connectivity index (χ0n) is 16.3. The molecule has 0 unspecified atom stereocenters. The van der Waals surface area contributed by atoms with Crippen LogP contribution in [0.3, 0.4) is 0 Å². The Morgan fingerprint density at radius 2 is 1.07 bits per heavy atom. The van der Waals surface area contributed by atoms with Crippen molar-refractivity contribution < 1.29 is 18.3 Å². The van der Waals surface area contributed by atoms with Gasteiger partial charge in [-0.25, -0.2) is 9.59 Å². The number of hydrogen-bond acceptors (Lipinski definition) is 8. The molecule has 30 heavy (non-hydrogen) atoms. The molecule has 0 bridgehead atoms. The molecule has 0 aliphatic rings. The molecule has 4 aromatic rings. The standard InChI is InChI=1S/C20H18N4O6/c1-27-15-7-3-13(4-8-15)17-21-23(19(25)29-17)11-12-24-20(26)30-18(22-24)14-5-9-16(28-2)10-6-14/h3-10H,11-12H2,1-2H3. The Hall–Kier alpha value is -4.08. The van der Waals surface area contributed by atoms with E-state index in [2.05, 4.69) is 10.2 Å². The summed E-state index contributed by atoms with van der Waals surface area (Å²) in [4.78, 5) is 24.2. The van der Waals surface area contributed by atoms with Gasteiger partial charge < -0.3 is 18.3 Å². The molecule has 154 valence electrons. The number of aromatic nitrogens is 4. The maximum Gasteiger partial charge on any atom is 0.437 e. The summed E-state index contributed by atoms with van der Waals surface area (Å²) in [6, 6.07) is 13.9. The number of aryl methyl sites for hydroxylation is 2. The van der Waals surface area contributed by atoms with Gasteiger partial charge in [-0.05, 0) is 48.5 Å². The Labute approximate surface area is 169 Å². The number of methoxy groups -OCH3 is 2. The molecule has 0 saturated carbocycles. The lowest BCUT2D eigenvalue weighted by atomic mass is 10.2. The molecular formula is C20H18N4O6. The largest absolute Gasteiger partial charge is 0.497 e. The number of benzene rings is 2. The van der Waals surface area contributed by atoms with Crippen molar-refractivity contribution in [2.24, 2.45) is 0 Å². The molecule has 0 saturated heterocycles. The molecule has 0 spiro atoms. The highest BCUT2D eigenvalue weighted by atomic mass is 16.5. The number of rotatable bonds is 7. The SMILES string of the molecule is COc1ccc(-c2nn(CCn3nc(-c4ccc(OC)cc4)oc3=O)c(=O)o2)cc1. The van der Waals surface area contributed by atoms with Crippen LogP contribution in [0.1, 0.15) is 0 Å². The first-order valence-corrected chi connectivity index (χ1v) is 9.02. The van der Waals surface area contributed by atoms with E-state index >= 15 is 0 Å². The zero-order valence-corrected chi connectivity index (χ0v) is 16.3. The van der Waals surface area contributed by atoms with Crippen LogP contribution in [0.5, 0.6) is 11.5 Å². The van der Waals surface area contributed by atoms with Gasteiger partial charge in [0.15, 0.2) is 0 Å². The predicted octanol–water partition coefficient (Wildman–Crippen LogP) is 2.04. The Bertz CT molecular complexity index is 1150. The summed E-state index contributed by atoms with van der Waals surface area (Å²) in [5.41, 5.74) is 1.26. The lowest BCUT2D eigenvalue weighted by Gasteiger charge is -2.00. The van der Waals surface area contributed by atoms with E-state index in [1.54, 1.807) is 62.8 Å². The van der Waals surface area contributed by atoms with Gasteiger partial charge in [0.2, 0.25) is 11.8 Å². The summed E-state index contributed by atoms with van der Waals surface area (Å²) >= 11 is 0. The van der Waals surface area contributed by atoms with Crippen LogP contribution in [0, 0.1) is 0 Å². The van der Waals surface area contributed by atoms with Crippen molar-refractivity contribution in [1.29, 1.82) is 0 Å². The minimum atomic E-state index is -0.632. The molecule has 10 heteroatoms. The van der Waals surface area contributed by atoms with Gasteiger partial charge in [0, 0.05) is 11.1 Å². The molecule has 2 aromatic carbocycles. The van der Waals surface area contributed by atoms with Gasteiger partial charge in [-0.1, -0.05) is 0 Å². The summed E-state index contributed by atoms with van der Waals surface area (Å²) < 4.78 is 22.9. The average Bonchev–Trinajstić information content (AvgIpc) is 3.34. The van der Waals surface area contributed by atoms with Crippen molar-refractivity contribution in [3.63, 3.8) is 0 Å². The fourth-order valence-electron chi connectivity index (χ4n) is 2.79. The molecule has 4 rings (SSSR count). The van der Waals surface area contributed by atoms with Crippen LogP contribution in [0.2, 0.25) is 0 Å². The van der Waals surface area contributed by atoms with Crippen molar-refractivity contribution in [3.8, 4) is 34.4 Å². The Kier molecular flexibility index (Phi) is 5.21. The van der Waals surface area contributed by atoms with E-state index in [-0.39, 0.29) is 24.9 Å². The maximum absolute atomic E-state index is 12.1. The van der Waals surface area contributed by atoms with Crippen molar-refractivity contribution in [2.75, 3.05) is 14.2 Å². The van der Waals surface area contributed by atoms with Crippen molar-refractivity contribution in [3.05, 3.63) is 69.6 Å². The van der Waals surface area contributed by atoms with E-state index in [4.69, 9.17) is 18.3 Å². The smallest absolute Gasteiger partial charge is 0.437 e. The zero-order chi connectivity index (χ0) is 21.1. The third-order valence-electron chi connectivity index (χ3n) is 4.41. The average molecular weight is 410 g/mol. The molecule has 0 N–H and O–H groups in total. The summed E-state index contributed by atoms with van der Waals surface area (Å²) in [5.74, 6) is 0.445. The second kappa shape index (κ2) is 8.11. The summed E-state index contributed by atoms with van der Waals surface area (Å²) in [5, 5.41) is 8.35. The number of hydrogen-bond donors (Lipinski definition) is 0. The molecule has 0 aliphatic carbocycles. The normalized spacial score (nSPS) is 10.9. The van der Waals surface area contributed by atoms with E-state index in [1.165, 1.54) is 0 Å². The number of nitrogens with zero attached hydrogens (tertiary/aromatic N) is 4. The van der Waals surface area contributed by atoms with Gasteiger partial charge >= 0.3 is 11.5 Å². The summed E-state index contributed by atoms with van der Waals surface area (Å²) in [6.45, 7) is 0.181. The quantitative estimate of drug-likeness (QED) is 0.455. The molecule has 2 heterocycles. The lowest BCUT2D eigenvalue weighted by molar-refractivity contribution is 0.414. The fraction of sp³-hybridized carbons (Fsp3) is 0.200. The third kappa shape index (κ3) is 3.88. The molecule has 2 aromatic heterocycles. The van der Waals surface area contributed by atoms with Crippen LogP contribution in [0.4, 0.5) is 0 Å². The monoisotopic (exact) mass is 410 g/mol. The summed E-state index contributed by atoms with van der Waals surface area (Å²) in [6.07, 6.45) is 0. The van der Waals surface area contributed by atoms with Gasteiger partial charge in [-0.2, -0.15) is 9.36 Å². The highest BCUT2D eigenvalue weighted by molar-refractivity contribution is 5.54. The van der Waals surface area contributed by atoms with E-state index in [1.807, 2.05) is 0 Å². The highest BCUT2D eigenvalue weighted by Crippen LogP contribution is 2.20. The molecule has 0 atom stereocenters. The number of ether oxygens (including phenoxy) is 2. The molecule has 0 fully saturated rings. The lowest BCUT2D eigenvalue weighted by Crippen LogP contribution is -2.24. The molecule has 0 radical (unpaired) electrons. The van der Waals surface area contributed by atoms with Crippen molar-refractivity contribution in [2.45, 2.75) is 13.1 Å². The first-order valence-electron chi connectivity index (χ1n) is 9.02. The molecule has 10 nitrogen and oxygen atoms in total. The van der Waals surface area contributed by atoms with Crippen LogP contribution in [0.25, 0.3) is 22.9 Å². The van der Waals surface area contributed by atoms with E-state index in [0.717, 1.165) is 9.36 Å².